The number of rotatable bonds is 4. The van der Waals surface area contributed by atoms with Crippen molar-refractivity contribution < 1.29 is 27.9 Å². The molecule has 1 aliphatic carbocycles. The molecule has 11 heteroatoms. The Bertz CT molecular complexity index is 976. The highest BCUT2D eigenvalue weighted by Crippen LogP contribution is 2.54. The van der Waals surface area contributed by atoms with Crippen LogP contribution < -0.4 is 5.32 Å². The number of aromatic nitrogens is 3. The number of amides is 2. The summed E-state index contributed by atoms with van der Waals surface area (Å²) < 4.78 is 38.0. The Labute approximate surface area is 169 Å². The molecule has 2 aliphatic rings. The Morgan fingerprint density at radius 3 is 2.60 bits per heavy atom. The Morgan fingerprint density at radius 1 is 1.23 bits per heavy atom. The van der Waals surface area contributed by atoms with Crippen LogP contribution in [0.5, 0.6) is 0 Å². The fraction of sp³-hybridized carbons (Fsp3) is 0.421. The number of likely N-dealkylation sites (tertiary alicyclic amines) is 1. The van der Waals surface area contributed by atoms with Crippen molar-refractivity contribution in [2.75, 3.05) is 6.54 Å². The van der Waals surface area contributed by atoms with Crippen molar-refractivity contribution in [3.8, 4) is 11.3 Å². The molecule has 1 saturated heterocycles. The van der Waals surface area contributed by atoms with Gasteiger partial charge in [0.25, 0.3) is 0 Å². The van der Waals surface area contributed by atoms with Gasteiger partial charge in [-0.3, -0.25) is 14.7 Å². The molecule has 1 saturated carbocycles. The molecule has 1 spiro atoms. The van der Waals surface area contributed by atoms with Crippen LogP contribution in [0.25, 0.3) is 11.3 Å². The number of carboxylic acid groups (broad SMARTS) is 1. The fourth-order valence-corrected chi connectivity index (χ4v) is 3.69. The molecule has 1 atom stereocenters. The summed E-state index contributed by atoms with van der Waals surface area (Å²) in [6.07, 6.45) is -0.953. The molecule has 8 nitrogen and oxygen atoms in total. The maximum atomic E-state index is 12.7. The molecule has 2 aromatic rings. The number of halogens is 3. The van der Waals surface area contributed by atoms with Crippen LogP contribution in [-0.2, 0) is 17.5 Å². The van der Waals surface area contributed by atoms with Gasteiger partial charge in [0, 0.05) is 18.3 Å². The van der Waals surface area contributed by atoms with Gasteiger partial charge in [0.15, 0.2) is 0 Å². The molecule has 0 bridgehead atoms. The number of alkyl halides is 3. The van der Waals surface area contributed by atoms with E-state index in [4.69, 9.17) is 0 Å². The van der Waals surface area contributed by atoms with Gasteiger partial charge in [0.05, 0.1) is 17.9 Å². The minimum Gasteiger partial charge on any atom is -0.465 e. The maximum absolute atomic E-state index is 12.7. The molecular formula is C19H18F3N5O3. The third-order valence-corrected chi connectivity index (χ3v) is 5.53. The number of nitrogens with zero attached hydrogens (tertiary/aromatic N) is 4. The maximum Gasteiger partial charge on any atom is 0.433 e. The predicted molar refractivity (Wildman–Crippen MR) is 96.9 cm³/mol. The monoisotopic (exact) mass is 421 g/mol. The third-order valence-electron chi connectivity index (χ3n) is 5.53. The van der Waals surface area contributed by atoms with E-state index in [9.17, 15) is 27.9 Å². The lowest BCUT2D eigenvalue weighted by atomic mass is 10.0. The molecule has 4 rings (SSSR count). The molecule has 2 amide bonds. The number of carbonyl (C=O) groups is 2. The minimum absolute atomic E-state index is 0.0410. The van der Waals surface area contributed by atoms with Gasteiger partial charge in [0.1, 0.15) is 18.1 Å². The minimum atomic E-state index is -4.53. The summed E-state index contributed by atoms with van der Waals surface area (Å²) in [5, 5.41) is 12.1. The first-order chi connectivity index (χ1) is 14.2. The van der Waals surface area contributed by atoms with Crippen LogP contribution in [0.15, 0.2) is 30.7 Å². The summed E-state index contributed by atoms with van der Waals surface area (Å²) >= 11 is 0. The number of pyridine rings is 1. The van der Waals surface area contributed by atoms with Crippen LogP contribution in [0, 0.1) is 5.41 Å². The molecule has 0 unspecified atom stereocenters. The predicted octanol–water partition coefficient (Wildman–Crippen LogP) is 2.71. The van der Waals surface area contributed by atoms with E-state index in [1.165, 1.54) is 23.4 Å². The van der Waals surface area contributed by atoms with E-state index < -0.39 is 29.9 Å². The van der Waals surface area contributed by atoms with Crippen LogP contribution >= 0.6 is 0 Å². The molecule has 2 aromatic heterocycles. The summed E-state index contributed by atoms with van der Waals surface area (Å²) in [6, 6.07) is 2.94. The van der Waals surface area contributed by atoms with Crippen molar-refractivity contribution in [3.05, 3.63) is 42.1 Å². The second-order valence-corrected chi connectivity index (χ2v) is 7.67. The summed E-state index contributed by atoms with van der Waals surface area (Å²) in [5.41, 5.74) is 0.120. The second-order valence-electron chi connectivity index (χ2n) is 7.67. The van der Waals surface area contributed by atoms with E-state index in [2.05, 4.69) is 20.3 Å². The lowest BCUT2D eigenvalue weighted by molar-refractivity contribution is -0.141. The van der Waals surface area contributed by atoms with E-state index in [1.807, 2.05) is 0 Å². The molecule has 2 fully saturated rings. The molecule has 3 heterocycles. The van der Waals surface area contributed by atoms with E-state index in [0.717, 1.165) is 25.1 Å². The van der Waals surface area contributed by atoms with Gasteiger partial charge in [-0.2, -0.15) is 13.2 Å². The lowest BCUT2D eigenvalue weighted by Crippen LogP contribution is -2.45. The van der Waals surface area contributed by atoms with Crippen LogP contribution in [0.3, 0.4) is 0 Å². The Balaban J connectivity index is 1.42. The van der Waals surface area contributed by atoms with Crippen molar-refractivity contribution in [1.82, 2.24) is 25.2 Å². The van der Waals surface area contributed by atoms with Gasteiger partial charge >= 0.3 is 12.3 Å². The summed E-state index contributed by atoms with van der Waals surface area (Å²) in [4.78, 5) is 36.7. The van der Waals surface area contributed by atoms with Crippen molar-refractivity contribution in [2.24, 2.45) is 5.41 Å². The van der Waals surface area contributed by atoms with Crippen LogP contribution in [0.4, 0.5) is 18.0 Å². The zero-order valence-electron chi connectivity index (χ0n) is 15.7. The average molecular weight is 421 g/mol. The van der Waals surface area contributed by atoms with Crippen molar-refractivity contribution >= 4 is 12.0 Å². The highest BCUT2D eigenvalue weighted by molar-refractivity contribution is 5.86. The fourth-order valence-electron chi connectivity index (χ4n) is 3.69. The Hall–Kier alpha value is -3.24. The summed E-state index contributed by atoms with van der Waals surface area (Å²) in [5.74, 6) is -0.391. The zero-order valence-corrected chi connectivity index (χ0v) is 15.7. The van der Waals surface area contributed by atoms with Gasteiger partial charge in [-0.15, -0.1) is 0 Å². The number of nitrogens with one attached hydrogen (secondary N) is 1. The summed E-state index contributed by atoms with van der Waals surface area (Å²) in [6.45, 7) is 0.415. The highest BCUT2D eigenvalue weighted by atomic mass is 19.4. The van der Waals surface area contributed by atoms with Gasteiger partial charge < -0.3 is 10.4 Å². The lowest BCUT2D eigenvalue weighted by Gasteiger charge is -2.20. The van der Waals surface area contributed by atoms with Crippen molar-refractivity contribution in [2.45, 2.75) is 38.0 Å². The molecule has 158 valence electrons. The van der Waals surface area contributed by atoms with Crippen molar-refractivity contribution in [1.29, 1.82) is 0 Å². The normalized spacial score (nSPS) is 19.7. The van der Waals surface area contributed by atoms with Gasteiger partial charge in [-0.05, 0) is 42.9 Å². The molecule has 1 aliphatic heterocycles. The molecule has 0 aromatic carbocycles. The summed E-state index contributed by atoms with van der Waals surface area (Å²) in [7, 11) is 0. The van der Waals surface area contributed by atoms with Crippen LogP contribution in [0.2, 0.25) is 0 Å². The molecule has 0 radical (unpaired) electrons. The van der Waals surface area contributed by atoms with E-state index in [1.54, 1.807) is 0 Å². The van der Waals surface area contributed by atoms with Gasteiger partial charge in [-0.1, -0.05) is 0 Å². The van der Waals surface area contributed by atoms with Gasteiger partial charge in [-0.25, -0.2) is 14.8 Å². The Kier molecular flexibility index (Phi) is 4.83. The number of hydrogen-bond acceptors (Lipinski definition) is 5. The smallest absolute Gasteiger partial charge is 0.433 e. The first-order valence-corrected chi connectivity index (χ1v) is 9.29. The van der Waals surface area contributed by atoms with Gasteiger partial charge in [0.2, 0.25) is 5.91 Å². The SMILES string of the molecule is O=C(NCc1cc(-c2ccc(C(F)(F)F)nc2)ncn1)[C@@H]1CC2(CC2)CN1C(=O)O. The van der Waals surface area contributed by atoms with E-state index in [-0.39, 0.29) is 12.0 Å². The topological polar surface area (TPSA) is 108 Å². The zero-order chi connectivity index (χ0) is 21.5. The molecule has 30 heavy (non-hydrogen) atoms. The number of carbonyl (C=O) groups excluding carboxylic acids is 1. The highest BCUT2D eigenvalue weighted by Gasteiger charge is 2.55. The quantitative estimate of drug-likeness (QED) is 0.786. The standard InChI is InChI=1S/C19H18F3N5O3/c20-19(21,22)15-2-1-11(7-23-15)13-5-12(25-10-26-13)8-24-16(28)14-6-18(3-4-18)9-27(14)17(29)30/h1-2,5,7,10,14H,3-4,6,8-9H2,(H,24,28)(H,29,30)/t14-/m0/s1. The number of hydrogen-bond donors (Lipinski definition) is 2. The van der Waals surface area contributed by atoms with Crippen LogP contribution in [0.1, 0.15) is 30.7 Å². The molecule has 2 N–H and O–H groups in total. The molecular weight excluding hydrogens is 403 g/mol. The Morgan fingerprint density at radius 2 is 2.00 bits per heavy atom. The second kappa shape index (κ2) is 7.22. The first kappa shape index (κ1) is 20.0. The van der Waals surface area contributed by atoms with Crippen molar-refractivity contribution in [3.63, 3.8) is 0 Å². The third kappa shape index (κ3) is 4.05. The van der Waals surface area contributed by atoms with E-state index in [0.29, 0.717) is 29.9 Å². The van der Waals surface area contributed by atoms with Crippen LogP contribution in [-0.4, -0.2) is 49.5 Å². The van der Waals surface area contributed by atoms with E-state index >= 15 is 0 Å². The first-order valence-electron chi connectivity index (χ1n) is 9.29. The largest absolute Gasteiger partial charge is 0.465 e. The average Bonchev–Trinajstić information content (AvgIpc) is 3.35.